The van der Waals surface area contributed by atoms with Crippen molar-refractivity contribution in [1.82, 2.24) is 10.3 Å². The van der Waals surface area contributed by atoms with Crippen molar-refractivity contribution < 1.29 is 4.74 Å². The smallest absolute Gasteiger partial charge is 0.143 e. The maximum Gasteiger partial charge on any atom is 0.143 e. The number of ether oxygens (including phenoxy) is 1. The van der Waals surface area contributed by atoms with Crippen LogP contribution in [-0.2, 0) is 13.2 Å². The van der Waals surface area contributed by atoms with Crippen molar-refractivity contribution in [2.24, 2.45) is 5.92 Å². The topological polar surface area (TPSA) is 34.1 Å². The fourth-order valence-corrected chi connectivity index (χ4v) is 2.58. The number of halogens is 1. The van der Waals surface area contributed by atoms with Crippen molar-refractivity contribution >= 4 is 22.9 Å². The van der Waals surface area contributed by atoms with Gasteiger partial charge in [-0.2, -0.15) is 0 Å². The molecule has 0 amide bonds. The Morgan fingerprint density at radius 1 is 1.40 bits per heavy atom. The first kappa shape index (κ1) is 15.3. The number of benzene rings is 1. The third-order valence-electron chi connectivity index (χ3n) is 2.74. The molecule has 0 radical (unpaired) electrons. The number of aromatic nitrogens is 1. The number of para-hydroxylation sites is 1. The molecule has 0 unspecified atom stereocenters. The Hall–Kier alpha value is -1.10. The highest BCUT2D eigenvalue weighted by Crippen LogP contribution is 2.29. The lowest BCUT2D eigenvalue weighted by atomic mass is 10.2. The normalized spacial score (nSPS) is 11.0. The maximum atomic E-state index is 6.24. The Morgan fingerprint density at radius 2 is 2.25 bits per heavy atom. The van der Waals surface area contributed by atoms with Crippen molar-refractivity contribution in [2.75, 3.05) is 6.54 Å². The molecule has 1 heterocycles. The first-order valence-corrected chi connectivity index (χ1v) is 7.92. The maximum absolute atomic E-state index is 6.24. The van der Waals surface area contributed by atoms with E-state index in [9.17, 15) is 0 Å². The molecule has 2 aromatic rings. The van der Waals surface area contributed by atoms with E-state index < -0.39 is 0 Å². The van der Waals surface area contributed by atoms with Crippen molar-refractivity contribution in [3.05, 3.63) is 45.4 Å². The molecule has 1 aromatic heterocycles. The molecule has 2 rings (SSSR count). The van der Waals surface area contributed by atoms with E-state index in [-0.39, 0.29) is 0 Å². The lowest BCUT2D eigenvalue weighted by Crippen LogP contribution is -2.19. The summed E-state index contributed by atoms with van der Waals surface area (Å²) < 4.78 is 5.85. The van der Waals surface area contributed by atoms with Gasteiger partial charge in [0.2, 0.25) is 0 Å². The van der Waals surface area contributed by atoms with Gasteiger partial charge in [-0.3, -0.25) is 0 Å². The van der Waals surface area contributed by atoms with E-state index in [4.69, 9.17) is 16.3 Å². The van der Waals surface area contributed by atoms with E-state index in [0.29, 0.717) is 17.5 Å². The van der Waals surface area contributed by atoms with Crippen LogP contribution in [0, 0.1) is 5.92 Å². The molecule has 5 heteroatoms. The molecule has 0 saturated heterocycles. The van der Waals surface area contributed by atoms with Gasteiger partial charge >= 0.3 is 0 Å². The fourth-order valence-electron chi connectivity index (χ4n) is 1.81. The Morgan fingerprint density at radius 3 is 2.95 bits per heavy atom. The predicted octanol–water partition coefficient (Wildman–Crippen LogP) is 4.12. The van der Waals surface area contributed by atoms with Crippen molar-refractivity contribution in [3.8, 4) is 5.75 Å². The van der Waals surface area contributed by atoms with Crippen LogP contribution in [0.1, 0.15) is 24.4 Å². The number of thiazole rings is 1. The third kappa shape index (κ3) is 4.47. The van der Waals surface area contributed by atoms with Gasteiger partial charge in [0.1, 0.15) is 17.4 Å². The van der Waals surface area contributed by atoms with E-state index in [2.05, 4.69) is 24.1 Å². The average molecular weight is 311 g/mol. The summed E-state index contributed by atoms with van der Waals surface area (Å²) in [4.78, 5) is 4.21. The zero-order valence-electron chi connectivity index (χ0n) is 11.7. The van der Waals surface area contributed by atoms with Crippen LogP contribution < -0.4 is 10.1 Å². The molecule has 0 spiro atoms. The molecule has 0 bridgehead atoms. The van der Waals surface area contributed by atoms with Crippen LogP contribution in [0.5, 0.6) is 5.75 Å². The van der Waals surface area contributed by atoms with E-state index >= 15 is 0 Å². The first-order valence-electron chi connectivity index (χ1n) is 6.66. The molecule has 108 valence electrons. The van der Waals surface area contributed by atoms with E-state index in [1.165, 1.54) is 0 Å². The van der Waals surface area contributed by atoms with Crippen LogP contribution >= 0.6 is 22.9 Å². The largest absolute Gasteiger partial charge is 0.485 e. The highest BCUT2D eigenvalue weighted by atomic mass is 35.5. The van der Waals surface area contributed by atoms with Gasteiger partial charge in [0.25, 0.3) is 0 Å². The molecule has 0 saturated carbocycles. The molecule has 0 aliphatic heterocycles. The Bertz CT molecular complexity index is 529. The Balaban J connectivity index is 2.01. The number of rotatable bonds is 7. The number of nitrogens with one attached hydrogen (secondary N) is 1. The van der Waals surface area contributed by atoms with Gasteiger partial charge < -0.3 is 10.1 Å². The molecule has 0 atom stereocenters. The summed E-state index contributed by atoms with van der Waals surface area (Å²) in [6.07, 6.45) is 1.78. The van der Waals surface area contributed by atoms with Crippen LogP contribution in [0.3, 0.4) is 0 Å². The van der Waals surface area contributed by atoms with Crippen LogP contribution in [0.25, 0.3) is 0 Å². The summed E-state index contributed by atoms with van der Waals surface area (Å²) in [5.41, 5.74) is 1.08. The first-order chi connectivity index (χ1) is 9.66. The lowest BCUT2D eigenvalue weighted by Gasteiger charge is -2.14. The van der Waals surface area contributed by atoms with Gasteiger partial charge in [-0.05, 0) is 18.5 Å². The molecule has 20 heavy (non-hydrogen) atoms. The van der Waals surface area contributed by atoms with Gasteiger partial charge in [0.05, 0.1) is 5.02 Å². The molecule has 1 aromatic carbocycles. The second-order valence-electron chi connectivity index (χ2n) is 4.97. The summed E-state index contributed by atoms with van der Waals surface area (Å²) in [6.45, 7) is 6.55. The Kier molecular flexibility index (Phi) is 5.83. The average Bonchev–Trinajstić information content (AvgIpc) is 2.90. The number of nitrogens with zero attached hydrogens (tertiary/aromatic N) is 1. The minimum absolute atomic E-state index is 0.457. The summed E-state index contributed by atoms with van der Waals surface area (Å²) in [5, 5.41) is 6.95. The third-order valence-corrected chi connectivity index (χ3v) is 3.79. The SMILES string of the molecule is CC(C)CNCc1cccc(Cl)c1OCc1nccs1. The molecule has 0 fully saturated rings. The summed E-state index contributed by atoms with van der Waals surface area (Å²) in [5.74, 6) is 1.37. The van der Waals surface area contributed by atoms with Gasteiger partial charge in [-0.25, -0.2) is 4.98 Å². The predicted molar refractivity (Wildman–Crippen MR) is 84.4 cm³/mol. The summed E-state index contributed by atoms with van der Waals surface area (Å²) in [7, 11) is 0. The minimum atomic E-state index is 0.457. The van der Waals surface area contributed by atoms with Crippen LogP contribution in [-0.4, -0.2) is 11.5 Å². The molecule has 0 aliphatic carbocycles. The highest BCUT2D eigenvalue weighted by Gasteiger charge is 2.09. The van der Waals surface area contributed by atoms with E-state index in [1.807, 2.05) is 23.6 Å². The molecule has 0 aliphatic rings. The minimum Gasteiger partial charge on any atom is -0.485 e. The molecular weight excluding hydrogens is 292 g/mol. The van der Waals surface area contributed by atoms with Crippen LogP contribution in [0.2, 0.25) is 5.02 Å². The van der Waals surface area contributed by atoms with Crippen LogP contribution in [0.15, 0.2) is 29.8 Å². The quantitative estimate of drug-likeness (QED) is 0.835. The standard InChI is InChI=1S/C15H19ClN2OS/c1-11(2)8-17-9-12-4-3-5-13(16)15(12)19-10-14-18-6-7-20-14/h3-7,11,17H,8-10H2,1-2H3. The van der Waals surface area contributed by atoms with Gasteiger partial charge in [0, 0.05) is 23.7 Å². The van der Waals surface area contributed by atoms with E-state index in [1.54, 1.807) is 17.5 Å². The highest BCUT2D eigenvalue weighted by molar-refractivity contribution is 7.09. The summed E-state index contributed by atoms with van der Waals surface area (Å²) in [6, 6.07) is 5.84. The van der Waals surface area contributed by atoms with E-state index in [0.717, 1.165) is 29.4 Å². The van der Waals surface area contributed by atoms with Gasteiger partial charge in [-0.15, -0.1) is 11.3 Å². The second kappa shape index (κ2) is 7.62. The second-order valence-corrected chi connectivity index (χ2v) is 6.35. The van der Waals surface area contributed by atoms with Crippen LogP contribution in [0.4, 0.5) is 0 Å². The van der Waals surface area contributed by atoms with Crippen molar-refractivity contribution in [2.45, 2.75) is 27.0 Å². The van der Waals surface area contributed by atoms with Gasteiger partial charge in [-0.1, -0.05) is 37.6 Å². The van der Waals surface area contributed by atoms with Crippen molar-refractivity contribution in [1.29, 1.82) is 0 Å². The molecule has 3 nitrogen and oxygen atoms in total. The zero-order valence-corrected chi connectivity index (χ0v) is 13.3. The van der Waals surface area contributed by atoms with Crippen molar-refractivity contribution in [3.63, 3.8) is 0 Å². The lowest BCUT2D eigenvalue weighted by molar-refractivity contribution is 0.301. The summed E-state index contributed by atoms with van der Waals surface area (Å²) >= 11 is 7.82. The molecular formula is C15H19ClN2OS. The number of hydrogen-bond acceptors (Lipinski definition) is 4. The monoisotopic (exact) mass is 310 g/mol. The Labute approximate surface area is 129 Å². The van der Waals surface area contributed by atoms with Gasteiger partial charge in [0.15, 0.2) is 0 Å². The molecule has 1 N–H and O–H groups in total. The zero-order chi connectivity index (χ0) is 14.4. The number of hydrogen-bond donors (Lipinski definition) is 1. The fraction of sp³-hybridized carbons (Fsp3) is 0.400.